The SMILES string of the molecule is CCC(CO)(CO)NC(=O)c1scc(C)c1Cl. The Morgan fingerprint density at radius 1 is 1.53 bits per heavy atom. The summed E-state index contributed by atoms with van der Waals surface area (Å²) in [4.78, 5) is 12.4. The number of carbonyl (C=O) groups excluding carboxylic acids is 1. The lowest BCUT2D eigenvalue weighted by Gasteiger charge is -2.29. The zero-order chi connectivity index (χ0) is 13.1. The molecule has 1 aromatic rings. The Balaban J connectivity index is 2.88. The molecule has 1 aromatic heterocycles. The fourth-order valence-electron chi connectivity index (χ4n) is 1.32. The average Bonchev–Trinajstić information content (AvgIpc) is 2.67. The van der Waals surface area contributed by atoms with Gasteiger partial charge in [-0.3, -0.25) is 4.79 Å². The van der Waals surface area contributed by atoms with Gasteiger partial charge in [0.25, 0.3) is 5.91 Å². The van der Waals surface area contributed by atoms with E-state index < -0.39 is 5.54 Å². The first kappa shape index (κ1) is 14.4. The number of halogens is 1. The molecule has 0 unspecified atom stereocenters. The van der Waals surface area contributed by atoms with Crippen LogP contribution < -0.4 is 5.32 Å². The van der Waals surface area contributed by atoms with Gasteiger partial charge >= 0.3 is 0 Å². The van der Waals surface area contributed by atoms with Crippen LogP contribution in [-0.4, -0.2) is 34.9 Å². The first-order valence-corrected chi connectivity index (χ1v) is 6.53. The third-order valence-electron chi connectivity index (χ3n) is 2.77. The van der Waals surface area contributed by atoms with E-state index in [9.17, 15) is 15.0 Å². The number of thiophene rings is 1. The standard InChI is InChI=1S/C11H16ClNO3S/c1-3-11(5-14,6-15)13-10(16)9-8(12)7(2)4-17-9/h4,14-15H,3,5-6H2,1-2H3,(H,13,16). The molecule has 3 N–H and O–H groups in total. The van der Waals surface area contributed by atoms with Crippen LogP contribution in [0.25, 0.3) is 0 Å². The number of carbonyl (C=O) groups is 1. The maximum absolute atomic E-state index is 12.0. The van der Waals surface area contributed by atoms with Crippen molar-refractivity contribution >= 4 is 28.8 Å². The summed E-state index contributed by atoms with van der Waals surface area (Å²) in [5, 5.41) is 23.3. The van der Waals surface area contributed by atoms with Gasteiger partial charge in [0.1, 0.15) is 4.88 Å². The highest BCUT2D eigenvalue weighted by Gasteiger charge is 2.30. The lowest BCUT2D eigenvalue weighted by molar-refractivity contribution is 0.0656. The molecule has 4 nitrogen and oxygen atoms in total. The van der Waals surface area contributed by atoms with Crippen molar-refractivity contribution in [1.82, 2.24) is 5.32 Å². The Hall–Kier alpha value is -0.620. The Bertz CT molecular complexity index is 393. The van der Waals surface area contributed by atoms with E-state index in [4.69, 9.17) is 11.6 Å². The van der Waals surface area contributed by atoms with Crippen molar-refractivity contribution in [3.63, 3.8) is 0 Å². The molecule has 0 spiro atoms. The molecule has 0 aliphatic heterocycles. The molecular formula is C11H16ClNO3S. The summed E-state index contributed by atoms with van der Waals surface area (Å²) >= 11 is 7.24. The molecule has 0 aliphatic rings. The Kier molecular flexibility index (Phi) is 4.94. The number of aliphatic hydroxyl groups is 2. The van der Waals surface area contributed by atoms with Crippen LogP contribution in [0.3, 0.4) is 0 Å². The number of aryl methyl sites for hydroxylation is 1. The predicted octanol–water partition coefficient (Wildman–Crippen LogP) is 1.57. The summed E-state index contributed by atoms with van der Waals surface area (Å²) in [7, 11) is 0. The largest absolute Gasteiger partial charge is 0.394 e. The lowest BCUT2D eigenvalue weighted by Crippen LogP contribution is -2.53. The fraction of sp³-hybridized carbons (Fsp3) is 0.545. The van der Waals surface area contributed by atoms with Gasteiger partial charge in [-0.1, -0.05) is 18.5 Å². The maximum Gasteiger partial charge on any atom is 0.263 e. The zero-order valence-corrected chi connectivity index (χ0v) is 11.4. The van der Waals surface area contributed by atoms with Crippen LogP contribution in [0.15, 0.2) is 5.38 Å². The molecule has 96 valence electrons. The van der Waals surface area contributed by atoms with Gasteiger partial charge in [-0.25, -0.2) is 0 Å². The normalized spacial score (nSPS) is 11.6. The van der Waals surface area contributed by atoms with Gasteiger partial charge < -0.3 is 15.5 Å². The number of hydrogen-bond acceptors (Lipinski definition) is 4. The van der Waals surface area contributed by atoms with Crippen LogP contribution in [0.2, 0.25) is 5.02 Å². The van der Waals surface area contributed by atoms with Crippen molar-refractivity contribution in [3.8, 4) is 0 Å². The molecule has 0 fully saturated rings. The van der Waals surface area contributed by atoms with Gasteiger partial charge in [-0.2, -0.15) is 0 Å². The van der Waals surface area contributed by atoms with E-state index in [1.54, 1.807) is 12.3 Å². The quantitative estimate of drug-likeness (QED) is 0.765. The van der Waals surface area contributed by atoms with Crippen molar-refractivity contribution in [1.29, 1.82) is 0 Å². The van der Waals surface area contributed by atoms with Crippen LogP contribution in [0.1, 0.15) is 28.6 Å². The van der Waals surface area contributed by atoms with E-state index in [0.717, 1.165) is 5.56 Å². The van der Waals surface area contributed by atoms with E-state index in [2.05, 4.69) is 5.32 Å². The van der Waals surface area contributed by atoms with Gasteiger partial charge in [0.15, 0.2) is 0 Å². The molecule has 17 heavy (non-hydrogen) atoms. The van der Waals surface area contributed by atoms with Gasteiger partial charge in [-0.15, -0.1) is 11.3 Å². The summed E-state index contributed by atoms with van der Waals surface area (Å²) in [6, 6.07) is 0. The van der Waals surface area contributed by atoms with Gasteiger partial charge in [0.2, 0.25) is 0 Å². The third-order valence-corrected chi connectivity index (χ3v) is 4.46. The molecule has 1 rings (SSSR count). The average molecular weight is 278 g/mol. The highest BCUT2D eigenvalue weighted by molar-refractivity contribution is 7.13. The first-order chi connectivity index (χ1) is 7.99. The topological polar surface area (TPSA) is 69.6 Å². The predicted molar refractivity (Wildman–Crippen MR) is 68.7 cm³/mol. The number of rotatable bonds is 5. The van der Waals surface area contributed by atoms with Crippen LogP contribution >= 0.6 is 22.9 Å². The molecule has 0 saturated carbocycles. The monoisotopic (exact) mass is 277 g/mol. The summed E-state index contributed by atoms with van der Waals surface area (Å²) < 4.78 is 0. The smallest absolute Gasteiger partial charge is 0.263 e. The van der Waals surface area contributed by atoms with Gasteiger partial charge in [0, 0.05) is 0 Å². The van der Waals surface area contributed by atoms with Crippen molar-refractivity contribution in [2.24, 2.45) is 0 Å². The van der Waals surface area contributed by atoms with E-state index in [1.165, 1.54) is 11.3 Å². The minimum atomic E-state index is -0.988. The van der Waals surface area contributed by atoms with Crippen molar-refractivity contribution in [2.45, 2.75) is 25.8 Å². The first-order valence-electron chi connectivity index (χ1n) is 5.27. The summed E-state index contributed by atoms with van der Waals surface area (Å²) in [6.07, 6.45) is 0.438. The lowest BCUT2D eigenvalue weighted by atomic mass is 9.98. The maximum atomic E-state index is 12.0. The van der Waals surface area contributed by atoms with E-state index >= 15 is 0 Å². The minimum Gasteiger partial charge on any atom is -0.394 e. The zero-order valence-electron chi connectivity index (χ0n) is 9.79. The van der Waals surface area contributed by atoms with E-state index in [-0.39, 0.29) is 19.1 Å². The molecule has 0 bridgehead atoms. The van der Waals surface area contributed by atoms with Gasteiger partial charge in [0.05, 0.1) is 23.8 Å². The highest BCUT2D eigenvalue weighted by Crippen LogP contribution is 2.27. The van der Waals surface area contributed by atoms with E-state index in [1.807, 2.05) is 6.92 Å². The second-order valence-corrected chi connectivity index (χ2v) is 5.22. The summed E-state index contributed by atoms with van der Waals surface area (Å²) in [5.74, 6) is -0.363. The van der Waals surface area contributed by atoms with Gasteiger partial charge in [-0.05, 0) is 24.3 Å². The minimum absolute atomic E-state index is 0.312. The molecule has 1 heterocycles. The van der Waals surface area contributed by atoms with Crippen LogP contribution in [-0.2, 0) is 0 Å². The van der Waals surface area contributed by atoms with Crippen LogP contribution in [0, 0.1) is 6.92 Å². The molecule has 0 saturated heterocycles. The van der Waals surface area contributed by atoms with Crippen molar-refractivity contribution in [2.75, 3.05) is 13.2 Å². The number of nitrogens with one attached hydrogen (secondary N) is 1. The van der Waals surface area contributed by atoms with Crippen LogP contribution in [0.4, 0.5) is 0 Å². The molecule has 1 amide bonds. The molecule has 0 aromatic carbocycles. The molecule has 0 atom stereocenters. The summed E-state index contributed by atoms with van der Waals surface area (Å²) in [5.41, 5.74) is -0.143. The second-order valence-electron chi connectivity index (χ2n) is 3.97. The molecule has 0 aliphatic carbocycles. The van der Waals surface area contributed by atoms with Crippen molar-refractivity contribution < 1.29 is 15.0 Å². The second kappa shape index (κ2) is 5.82. The third kappa shape index (κ3) is 2.98. The molecular weight excluding hydrogens is 262 g/mol. The van der Waals surface area contributed by atoms with Crippen LogP contribution in [0.5, 0.6) is 0 Å². The number of amides is 1. The summed E-state index contributed by atoms with van der Waals surface area (Å²) in [6.45, 7) is 2.98. The Morgan fingerprint density at radius 3 is 2.47 bits per heavy atom. The molecule has 0 radical (unpaired) electrons. The number of hydrogen-bond donors (Lipinski definition) is 3. The van der Waals surface area contributed by atoms with E-state index in [0.29, 0.717) is 16.3 Å². The highest BCUT2D eigenvalue weighted by atomic mass is 35.5. The fourth-order valence-corrected chi connectivity index (χ4v) is 2.50. The molecule has 6 heteroatoms. The Labute approximate surface area is 109 Å². The number of aliphatic hydroxyl groups excluding tert-OH is 2. The Morgan fingerprint density at radius 2 is 2.12 bits per heavy atom. The van der Waals surface area contributed by atoms with Crippen molar-refractivity contribution in [3.05, 3.63) is 20.8 Å².